The zero-order chi connectivity index (χ0) is 22.7. The van der Waals surface area contributed by atoms with Gasteiger partial charge in [0.15, 0.2) is 11.6 Å². The van der Waals surface area contributed by atoms with Crippen LogP contribution in [0.15, 0.2) is 53.3 Å². The van der Waals surface area contributed by atoms with Crippen molar-refractivity contribution in [2.45, 2.75) is 32.9 Å². The van der Waals surface area contributed by atoms with E-state index >= 15 is 0 Å². The average Bonchev–Trinajstić information content (AvgIpc) is 2.97. The number of ether oxygens (including phenoxy) is 1. The third-order valence-electron chi connectivity index (χ3n) is 5.37. The number of carbonyl (C=O) groups excluding carboxylic acids is 1. The highest BCUT2D eigenvalue weighted by atomic mass is 19.1. The van der Waals surface area contributed by atoms with Crippen LogP contribution in [0.3, 0.4) is 0 Å². The number of anilines is 1. The maximum absolute atomic E-state index is 14.0. The number of benzene rings is 2. The lowest BCUT2D eigenvalue weighted by Gasteiger charge is -2.20. The first-order valence-corrected chi connectivity index (χ1v) is 9.99. The number of methoxy groups -OCH3 is 1. The van der Waals surface area contributed by atoms with E-state index in [1.807, 2.05) is 37.3 Å². The lowest BCUT2D eigenvalue weighted by atomic mass is 10.1. The zero-order valence-corrected chi connectivity index (χ0v) is 18.3. The first kappa shape index (κ1) is 22.3. The summed E-state index contributed by atoms with van der Waals surface area (Å²) in [7, 11) is 3.17. The fourth-order valence-corrected chi connectivity index (χ4v) is 3.44. The molecule has 2 unspecified atom stereocenters. The molecular weight excluding hydrogens is 399 g/mol. The van der Waals surface area contributed by atoms with E-state index in [-0.39, 0.29) is 28.9 Å². The van der Waals surface area contributed by atoms with Crippen LogP contribution in [-0.2, 0) is 11.8 Å². The number of halogens is 1. The SMILES string of the molecule is COc1ccc(C(C)NC(C)C(=O)Nc2c(C)n(C)n(-c3ccccc3)c2=O)cc1F. The second kappa shape index (κ2) is 9.18. The van der Waals surface area contributed by atoms with Crippen molar-refractivity contribution in [3.05, 3.63) is 76.0 Å². The number of para-hydroxylation sites is 1. The molecule has 0 fully saturated rings. The molecule has 0 bridgehead atoms. The lowest BCUT2D eigenvalue weighted by molar-refractivity contribution is -0.117. The first-order valence-electron chi connectivity index (χ1n) is 9.99. The standard InChI is InChI=1S/C23H27FN4O3/c1-14(17-11-12-20(31-5)19(24)13-17)25-15(2)22(29)26-21-16(3)27(4)28(23(21)30)18-9-7-6-8-10-18/h6-15,25H,1-5H3,(H,26,29). The summed E-state index contributed by atoms with van der Waals surface area (Å²) in [6, 6.07) is 13.0. The Morgan fingerprint density at radius 1 is 1.13 bits per heavy atom. The predicted octanol–water partition coefficient (Wildman–Crippen LogP) is 3.31. The van der Waals surface area contributed by atoms with Crippen molar-refractivity contribution >= 4 is 11.6 Å². The maximum atomic E-state index is 14.0. The molecule has 0 saturated heterocycles. The van der Waals surface area contributed by atoms with Crippen molar-refractivity contribution in [1.29, 1.82) is 0 Å². The van der Waals surface area contributed by atoms with E-state index in [1.54, 1.807) is 37.7 Å². The van der Waals surface area contributed by atoms with Crippen LogP contribution in [0.1, 0.15) is 31.1 Å². The molecule has 0 saturated carbocycles. The van der Waals surface area contributed by atoms with Gasteiger partial charge in [-0.3, -0.25) is 19.6 Å². The molecule has 164 valence electrons. The molecule has 1 aromatic heterocycles. The molecule has 0 spiro atoms. The minimum atomic E-state index is -0.621. The summed E-state index contributed by atoms with van der Waals surface area (Å²) < 4.78 is 22.1. The van der Waals surface area contributed by atoms with Crippen LogP contribution in [-0.4, -0.2) is 28.4 Å². The van der Waals surface area contributed by atoms with E-state index < -0.39 is 11.9 Å². The number of aromatic nitrogens is 2. The number of carbonyl (C=O) groups is 1. The van der Waals surface area contributed by atoms with E-state index in [9.17, 15) is 14.0 Å². The molecule has 3 rings (SSSR count). The summed E-state index contributed by atoms with van der Waals surface area (Å²) >= 11 is 0. The Bertz CT molecular complexity index is 1140. The number of amides is 1. The summed E-state index contributed by atoms with van der Waals surface area (Å²) in [5.41, 5.74) is 1.95. The van der Waals surface area contributed by atoms with Gasteiger partial charge >= 0.3 is 0 Å². The smallest absolute Gasteiger partial charge is 0.295 e. The highest BCUT2D eigenvalue weighted by Gasteiger charge is 2.22. The van der Waals surface area contributed by atoms with Crippen LogP contribution in [0, 0.1) is 12.7 Å². The first-order chi connectivity index (χ1) is 14.7. The second-order valence-corrected chi connectivity index (χ2v) is 7.43. The van der Waals surface area contributed by atoms with Crippen molar-refractivity contribution in [2.75, 3.05) is 12.4 Å². The molecule has 1 amide bonds. The van der Waals surface area contributed by atoms with Crippen LogP contribution < -0.4 is 20.9 Å². The van der Waals surface area contributed by atoms with E-state index in [0.29, 0.717) is 16.9 Å². The lowest BCUT2D eigenvalue weighted by Crippen LogP contribution is -2.40. The van der Waals surface area contributed by atoms with Crippen LogP contribution in [0.2, 0.25) is 0 Å². The van der Waals surface area contributed by atoms with E-state index in [2.05, 4.69) is 10.6 Å². The maximum Gasteiger partial charge on any atom is 0.295 e. The molecule has 2 atom stereocenters. The summed E-state index contributed by atoms with van der Waals surface area (Å²) in [4.78, 5) is 25.7. The van der Waals surface area contributed by atoms with E-state index in [1.165, 1.54) is 17.9 Å². The Morgan fingerprint density at radius 3 is 2.42 bits per heavy atom. The molecule has 0 aliphatic rings. The van der Waals surface area contributed by atoms with Gasteiger partial charge in [0.1, 0.15) is 5.69 Å². The Hall–Kier alpha value is -3.39. The monoisotopic (exact) mass is 426 g/mol. The Balaban J connectivity index is 1.76. The fourth-order valence-electron chi connectivity index (χ4n) is 3.44. The molecule has 1 heterocycles. The average molecular weight is 426 g/mol. The van der Waals surface area contributed by atoms with Crippen molar-refractivity contribution in [2.24, 2.45) is 7.05 Å². The largest absolute Gasteiger partial charge is 0.494 e. The Labute approximate surface area is 180 Å². The molecule has 31 heavy (non-hydrogen) atoms. The van der Waals surface area contributed by atoms with Crippen molar-refractivity contribution in [1.82, 2.24) is 14.7 Å². The second-order valence-electron chi connectivity index (χ2n) is 7.43. The Kier molecular flexibility index (Phi) is 6.60. The van der Waals surface area contributed by atoms with Gasteiger partial charge < -0.3 is 10.1 Å². The van der Waals surface area contributed by atoms with Gasteiger partial charge in [-0.25, -0.2) is 9.07 Å². The van der Waals surface area contributed by atoms with E-state index in [4.69, 9.17) is 4.74 Å². The van der Waals surface area contributed by atoms with Crippen LogP contribution in [0.4, 0.5) is 10.1 Å². The van der Waals surface area contributed by atoms with Gasteiger partial charge in [0, 0.05) is 13.1 Å². The quantitative estimate of drug-likeness (QED) is 0.608. The predicted molar refractivity (Wildman–Crippen MR) is 118 cm³/mol. The van der Waals surface area contributed by atoms with Crippen molar-refractivity contribution < 1.29 is 13.9 Å². The van der Waals surface area contributed by atoms with Crippen LogP contribution in [0.5, 0.6) is 5.75 Å². The molecular formula is C23H27FN4O3. The van der Waals surface area contributed by atoms with Gasteiger partial charge in [0.25, 0.3) is 5.56 Å². The molecule has 0 radical (unpaired) electrons. The minimum absolute atomic E-state index is 0.163. The van der Waals surface area contributed by atoms with Crippen molar-refractivity contribution in [3.8, 4) is 11.4 Å². The molecule has 0 aliphatic heterocycles. The molecule has 0 aliphatic carbocycles. The van der Waals surface area contributed by atoms with Gasteiger partial charge in [-0.1, -0.05) is 24.3 Å². The molecule has 7 nitrogen and oxygen atoms in total. The van der Waals surface area contributed by atoms with Gasteiger partial charge in [-0.05, 0) is 50.6 Å². The number of hydrogen-bond donors (Lipinski definition) is 2. The normalized spacial score (nSPS) is 13.0. The highest BCUT2D eigenvalue weighted by molar-refractivity contribution is 5.95. The third kappa shape index (κ3) is 4.54. The number of hydrogen-bond acceptors (Lipinski definition) is 4. The van der Waals surface area contributed by atoms with Crippen molar-refractivity contribution in [3.63, 3.8) is 0 Å². The summed E-state index contributed by atoms with van der Waals surface area (Å²) in [6.07, 6.45) is 0. The minimum Gasteiger partial charge on any atom is -0.494 e. The topological polar surface area (TPSA) is 77.3 Å². The summed E-state index contributed by atoms with van der Waals surface area (Å²) in [5, 5.41) is 5.88. The van der Waals surface area contributed by atoms with Gasteiger partial charge in [0.2, 0.25) is 5.91 Å². The number of nitrogens with one attached hydrogen (secondary N) is 2. The van der Waals surface area contributed by atoms with Crippen LogP contribution in [0.25, 0.3) is 5.69 Å². The van der Waals surface area contributed by atoms with Gasteiger partial charge in [-0.15, -0.1) is 0 Å². The van der Waals surface area contributed by atoms with E-state index in [0.717, 1.165) is 0 Å². The molecule has 2 aromatic carbocycles. The summed E-state index contributed by atoms with van der Waals surface area (Å²) in [6.45, 7) is 5.30. The molecule has 8 heteroatoms. The van der Waals surface area contributed by atoms with Gasteiger partial charge in [-0.2, -0.15) is 0 Å². The molecule has 3 aromatic rings. The Morgan fingerprint density at radius 2 is 1.81 bits per heavy atom. The zero-order valence-electron chi connectivity index (χ0n) is 18.3. The third-order valence-corrected chi connectivity index (χ3v) is 5.37. The number of nitrogens with zero attached hydrogens (tertiary/aromatic N) is 2. The highest BCUT2D eigenvalue weighted by Crippen LogP contribution is 2.22. The number of rotatable bonds is 7. The van der Waals surface area contributed by atoms with Crippen LogP contribution >= 0.6 is 0 Å². The summed E-state index contributed by atoms with van der Waals surface area (Å²) in [5.74, 6) is -0.657. The fraction of sp³-hybridized carbons (Fsp3) is 0.304. The molecule has 2 N–H and O–H groups in total. The van der Waals surface area contributed by atoms with Gasteiger partial charge in [0.05, 0.1) is 24.5 Å².